The summed E-state index contributed by atoms with van der Waals surface area (Å²) in [5.74, 6) is 0.192. The highest BCUT2D eigenvalue weighted by atomic mass is 16.5. The summed E-state index contributed by atoms with van der Waals surface area (Å²) in [6.07, 6.45) is 0. The Bertz CT molecular complexity index is 1030. The van der Waals surface area contributed by atoms with Crippen LogP contribution < -0.4 is 0 Å². The zero-order valence-corrected chi connectivity index (χ0v) is 16.2. The molecule has 29 heavy (non-hydrogen) atoms. The van der Waals surface area contributed by atoms with Crippen LogP contribution in [0.3, 0.4) is 0 Å². The third-order valence-corrected chi connectivity index (χ3v) is 4.79. The van der Waals surface area contributed by atoms with Crippen LogP contribution in [0, 0.1) is 0 Å². The zero-order chi connectivity index (χ0) is 20.1. The van der Waals surface area contributed by atoms with Crippen LogP contribution in [0.1, 0.15) is 40.3 Å². The molecular formula is C25H22N2O2. The lowest BCUT2D eigenvalue weighted by molar-refractivity contribution is 0.0521. The van der Waals surface area contributed by atoms with E-state index in [1.54, 1.807) is 6.92 Å². The molecule has 1 heterocycles. The zero-order valence-electron chi connectivity index (χ0n) is 16.2. The number of rotatable bonds is 6. The number of carbonyl (C=O) groups is 1. The molecule has 0 saturated carbocycles. The molecule has 0 spiro atoms. The number of aromatic amines is 1. The van der Waals surface area contributed by atoms with Gasteiger partial charge in [0.1, 0.15) is 11.5 Å². The number of carbonyl (C=O) groups excluding carboxylic acids is 1. The van der Waals surface area contributed by atoms with Crippen LogP contribution in [0.15, 0.2) is 91.0 Å². The monoisotopic (exact) mass is 382 g/mol. The van der Waals surface area contributed by atoms with E-state index in [0.29, 0.717) is 23.8 Å². The van der Waals surface area contributed by atoms with Gasteiger partial charge in [-0.1, -0.05) is 91.0 Å². The average molecular weight is 382 g/mol. The molecule has 0 atom stereocenters. The fourth-order valence-electron chi connectivity index (χ4n) is 3.48. The molecule has 0 fully saturated rings. The van der Waals surface area contributed by atoms with Crippen molar-refractivity contribution in [3.63, 3.8) is 0 Å². The smallest absolute Gasteiger partial charge is 0.357 e. The van der Waals surface area contributed by atoms with Crippen molar-refractivity contribution in [2.24, 2.45) is 0 Å². The number of benzene rings is 3. The van der Waals surface area contributed by atoms with E-state index in [0.717, 1.165) is 16.7 Å². The predicted molar refractivity (Wildman–Crippen MR) is 114 cm³/mol. The van der Waals surface area contributed by atoms with Gasteiger partial charge in [0.15, 0.2) is 5.69 Å². The van der Waals surface area contributed by atoms with E-state index in [9.17, 15) is 4.79 Å². The number of H-pyrrole nitrogens is 1. The molecule has 4 heteroatoms. The van der Waals surface area contributed by atoms with Crippen molar-refractivity contribution in [3.05, 3.63) is 114 Å². The molecule has 4 aromatic rings. The first-order chi connectivity index (χ1) is 14.3. The summed E-state index contributed by atoms with van der Waals surface area (Å²) in [5.41, 5.74) is 4.06. The number of nitrogens with zero attached hydrogens (tertiary/aromatic N) is 1. The van der Waals surface area contributed by atoms with Crippen molar-refractivity contribution >= 4 is 5.97 Å². The van der Waals surface area contributed by atoms with E-state index in [1.807, 2.05) is 66.7 Å². The number of ether oxygens (including phenoxy) is 1. The molecule has 0 unspecified atom stereocenters. The summed E-state index contributed by atoms with van der Waals surface area (Å²) in [5, 5.41) is 0. The van der Waals surface area contributed by atoms with Crippen molar-refractivity contribution in [1.82, 2.24) is 9.97 Å². The van der Waals surface area contributed by atoms with E-state index < -0.39 is 5.97 Å². The molecule has 3 aromatic carbocycles. The Labute approximate surface area is 170 Å². The standard InChI is InChI=1S/C25H22N2O2/c1-2-29-25(28)23-22(20-16-10-5-11-17-20)26-24(27-23)21(18-12-6-3-7-13-18)19-14-8-4-9-15-19/h3-17,21H,2H2,1H3,(H,26,27). The Hall–Kier alpha value is -3.66. The summed E-state index contributed by atoms with van der Waals surface area (Å²) >= 11 is 0. The molecule has 0 aliphatic heterocycles. The van der Waals surface area contributed by atoms with E-state index in [2.05, 4.69) is 29.2 Å². The van der Waals surface area contributed by atoms with Crippen LogP contribution in [-0.4, -0.2) is 22.5 Å². The number of hydrogen-bond acceptors (Lipinski definition) is 3. The van der Waals surface area contributed by atoms with Gasteiger partial charge in [-0.2, -0.15) is 0 Å². The molecule has 1 N–H and O–H groups in total. The van der Waals surface area contributed by atoms with Crippen LogP contribution in [-0.2, 0) is 4.74 Å². The molecule has 1 aromatic heterocycles. The second kappa shape index (κ2) is 8.57. The second-order valence-corrected chi connectivity index (χ2v) is 6.69. The molecule has 4 nitrogen and oxygen atoms in total. The minimum atomic E-state index is -0.398. The van der Waals surface area contributed by atoms with E-state index in [1.165, 1.54) is 0 Å². The van der Waals surface area contributed by atoms with Crippen molar-refractivity contribution in [2.45, 2.75) is 12.8 Å². The van der Waals surface area contributed by atoms with Crippen LogP contribution in [0.25, 0.3) is 11.3 Å². The van der Waals surface area contributed by atoms with Gasteiger partial charge in [0.25, 0.3) is 0 Å². The molecule has 0 aliphatic carbocycles. The fourth-order valence-corrected chi connectivity index (χ4v) is 3.48. The number of nitrogens with one attached hydrogen (secondary N) is 1. The van der Waals surface area contributed by atoms with Crippen molar-refractivity contribution in [1.29, 1.82) is 0 Å². The van der Waals surface area contributed by atoms with E-state index in [4.69, 9.17) is 9.72 Å². The molecule has 0 amide bonds. The first-order valence-electron chi connectivity index (χ1n) is 9.70. The molecule has 0 radical (unpaired) electrons. The first kappa shape index (κ1) is 18.7. The summed E-state index contributed by atoms with van der Waals surface area (Å²) in [4.78, 5) is 20.8. The molecular weight excluding hydrogens is 360 g/mol. The van der Waals surface area contributed by atoms with Gasteiger partial charge in [-0.15, -0.1) is 0 Å². The van der Waals surface area contributed by atoms with Crippen LogP contribution in [0.4, 0.5) is 0 Å². The van der Waals surface area contributed by atoms with Crippen molar-refractivity contribution < 1.29 is 9.53 Å². The maximum Gasteiger partial charge on any atom is 0.357 e. The quantitative estimate of drug-likeness (QED) is 0.452. The summed E-state index contributed by atoms with van der Waals surface area (Å²) in [7, 11) is 0. The number of esters is 1. The molecule has 0 bridgehead atoms. The minimum absolute atomic E-state index is 0.122. The Balaban J connectivity index is 1.88. The number of aromatic nitrogens is 2. The van der Waals surface area contributed by atoms with Gasteiger partial charge in [-0.3, -0.25) is 0 Å². The SMILES string of the molecule is CCOC(=O)c1[nH]c(C(c2ccccc2)c2ccccc2)nc1-c1ccccc1. The second-order valence-electron chi connectivity index (χ2n) is 6.69. The average Bonchev–Trinajstić information content (AvgIpc) is 3.21. The lowest BCUT2D eigenvalue weighted by Gasteiger charge is -2.15. The van der Waals surface area contributed by atoms with Crippen molar-refractivity contribution in [3.8, 4) is 11.3 Å². The Morgan fingerprint density at radius 3 is 1.90 bits per heavy atom. The number of imidazole rings is 1. The summed E-state index contributed by atoms with van der Waals surface area (Å²) < 4.78 is 5.28. The summed E-state index contributed by atoms with van der Waals surface area (Å²) in [6, 6.07) is 30.0. The van der Waals surface area contributed by atoms with Crippen LogP contribution in [0.5, 0.6) is 0 Å². The highest BCUT2D eigenvalue weighted by molar-refractivity contribution is 5.94. The topological polar surface area (TPSA) is 55.0 Å². The lowest BCUT2D eigenvalue weighted by atomic mass is 9.91. The first-order valence-corrected chi connectivity index (χ1v) is 9.70. The molecule has 0 aliphatic rings. The van der Waals surface area contributed by atoms with Gasteiger partial charge in [-0.25, -0.2) is 9.78 Å². The maximum atomic E-state index is 12.7. The Morgan fingerprint density at radius 1 is 0.862 bits per heavy atom. The predicted octanol–water partition coefficient (Wildman–Crippen LogP) is 5.43. The van der Waals surface area contributed by atoms with E-state index in [-0.39, 0.29) is 5.92 Å². The van der Waals surface area contributed by atoms with Gasteiger partial charge in [0, 0.05) is 5.56 Å². The maximum absolute atomic E-state index is 12.7. The minimum Gasteiger partial charge on any atom is -0.461 e. The van der Waals surface area contributed by atoms with E-state index >= 15 is 0 Å². The fraction of sp³-hybridized carbons (Fsp3) is 0.120. The third-order valence-electron chi connectivity index (χ3n) is 4.79. The largest absolute Gasteiger partial charge is 0.461 e. The summed E-state index contributed by atoms with van der Waals surface area (Å²) in [6.45, 7) is 2.11. The van der Waals surface area contributed by atoms with Gasteiger partial charge < -0.3 is 9.72 Å². The van der Waals surface area contributed by atoms with Crippen LogP contribution in [0.2, 0.25) is 0 Å². The third kappa shape index (κ3) is 3.97. The highest BCUT2D eigenvalue weighted by Crippen LogP contribution is 2.33. The van der Waals surface area contributed by atoms with Gasteiger partial charge in [-0.05, 0) is 18.1 Å². The van der Waals surface area contributed by atoms with Crippen LogP contribution >= 0.6 is 0 Å². The molecule has 144 valence electrons. The normalized spacial score (nSPS) is 10.8. The van der Waals surface area contributed by atoms with Crippen molar-refractivity contribution in [2.75, 3.05) is 6.61 Å². The highest BCUT2D eigenvalue weighted by Gasteiger charge is 2.25. The lowest BCUT2D eigenvalue weighted by Crippen LogP contribution is -2.08. The Morgan fingerprint density at radius 2 is 1.38 bits per heavy atom. The van der Waals surface area contributed by atoms with Gasteiger partial charge in [0.05, 0.1) is 12.5 Å². The number of hydrogen-bond donors (Lipinski definition) is 1. The van der Waals surface area contributed by atoms with Gasteiger partial charge >= 0.3 is 5.97 Å². The van der Waals surface area contributed by atoms with Gasteiger partial charge in [0.2, 0.25) is 0 Å². The molecule has 0 saturated heterocycles. The molecule has 4 rings (SSSR count). The Kier molecular flexibility index (Phi) is 5.52.